The number of hydrogen-bond donors (Lipinski definition) is 3. The monoisotopic (exact) mass is 623 g/mol. The summed E-state index contributed by atoms with van der Waals surface area (Å²) in [6.07, 6.45) is 0. The quantitative estimate of drug-likeness (QED) is 0.314. The number of carbonyl (C=O) groups is 3. The van der Waals surface area contributed by atoms with Crippen LogP contribution in [0.1, 0.15) is 72.0 Å². The molecule has 0 saturated heterocycles. The molecular weight excluding hydrogens is 589 g/mol. The van der Waals surface area contributed by atoms with Crippen LogP contribution in [0.5, 0.6) is 17.2 Å². The normalized spacial score (nSPS) is 12.4. The van der Waals surface area contributed by atoms with Crippen molar-refractivity contribution >= 4 is 40.5 Å². The summed E-state index contributed by atoms with van der Waals surface area (Å²) >= 11 is 0. The van der Waals surface area contributed by atoms with E-state index in [9.17, 15) is 14.4 Å². The molecule has 0 aliphatic carbocycles. The molecule has 1 amide bonds. The third-order valence-electron chi connectivity index (χ3n) is 6.17. The number of Topliss-reactive ketones (excluding diaryl/α,β-unsaturated/α-hetero) is 1. The third-order valence-corrected chi connectivity index (χ3v) is 6.17. The van der Waals surface area contributed by atoms with Crippen LogP contribution in [-0.4, -0.2) is 66.9 Å². The minimum absolute atomic E-state index is 0. The molecule has 12 heteroatoms. The molecule has 3 N–H and O–H groups in total. The van der Waals surface area contributed by atoms with Gasteiger partial charge in [-0.1, -0.05) is 20.8 Å². The molecule has 1 aliphatic rings. The zero-order chi connectivity index (χ0) is 29.1. The summed E-state index contributed by atoms with van der Waals surface area (Å²) in [5.74, 6) is -2.81. The van der Waals surface area contributed by atoms with Crippen LogP contribution >= 0.6 is 17.0 Å². The van der Waals surface area contributed by atoms with E-state index in [0.717, 1.165) is 0 Å². The number of fused-ring (bicyclic) bond motifs is 1. The Balaban J connectivity index is 0.00000560. The van der Waals surface area contributed by atoms with Crippen LogP contribution < -0.4 is 19.5 Å². The lowest BCUT2D eigenvalue weighted by atomic mass is 9.83. The van der Waals surface area contributed by atoms with Gasteiger partial charge in [-0.3, -0.25) is 19.8 Å². The first-order valence-corrected chi connectivity index (χ1v) is 12.5. The number of carboxylic acid groups (broad SMARTS) is 1. The second-order valence-corrected chi connectivity index (χ2v) is 9.98. The number of ether oxygens (including phenoxy) is 3. The number of rotatable bonds is 11. The van der Waals surface area contributed by atoms with Gasteiger partial charge in [0.25, 0.3) is 5.91 Å². The number of halogens is 2. The molecule has 0 fully saturated rings. The molecule has 10 nitrogen and oxygen atoms in total. The Kier molecular flexibility index (Phi) is 10.7. The summed E-state index contributed by atoms with van der Waals surface area (Å²) < 4.78 is 31.9. The summed E-state index contributed by atoms with van der Waals surface area (Å²) in [7, 11) is 1.39. The van der Waals surface area contributed by atoms with E-state index >= 15 is 4.39 Å². The summed E-state index contributed by atoms with van der Waals surface area (Å²) in [5, 5.41) is 19.9. The Hall–Kier alpha value is -3.67. The molecule has 0 unspecified atom stereocenters. The summed E-state index contributed by atoms with van der Waals surface area (Å²) in [5.41, 5.74) is 0.780. The van der Waals surface area contributed by atoms with Crippen molar-refractivity contribution in [2.24, 2.45) is 0 Å². The second-order valence-electron chi connectivity index (χ2n) is 9.98. The van der Waals surface area contributed by atoms with Gasteiger partial charge >= 0.3 is 5.97 Å². The van der Waals surface area contributed by atoms with Crippen LogP contribution in [0.2, 0.25) is 0 Å². The van der Waals surface area contributed by atoms with Gasteiger partial charge < -0.3 is 29.5 Å². The number of carbonyl (C=O) groups excluding carboxylic acids is 2. The van der Waals surface area contributed by atoms with Crippen molar-refractivity contribution in [1.29, 1.82) is 5.41 Å². The fraction of sp³-hybridized carbons (Fsp3) is 0.429. The van der Waals surface area contributed by atoms with Crippen molar-refractivity contribution in [3.8, 4) is 17.2 Å². The molecule has 2 aromatic carbocycles. The number of methoxy groups -OCH3 is 1. The van der Waals surface area contributed by atoms with Gasteiger partial charge in [0, 0.05) is 17.7 Å². The average molecular weight is 625 g/mol. The van der Waals surface area contributed by atoms with E-state index in [4.69, 9.17) is 24.7 Å². The van der Waals surface area contributed by atoms with Crippen molar-refractivity contribution in [3.63, 3.8) is 0 Å². The van der Waals surface area contributed by atoms with E-state index in [1.807, 2.05) is 20.8 Å². The number of nitrogens with one attached hydrogen (secondary N) is 2. The fourth-order valence-electron chi connectivity index (χ4n) is 4.41. The van der Waals surface area contributed by atoms with Crippen LogP contribution in [0.4, 0.5) is 4.39 Å². The van der Waals surface area contributed by atoms with E-state index in [-0.39, 0.29) is 76.5 Å². The van der Waals surface area contributed by atoms with E-state index < -0.39 is 35.4 Å². The molecule has 1 heterocycles. The van der Waals surface area contributed by atoms with E-state index in [1.54, 1.807) is 26.0 Å². The summed E-state index contributed by atoms with van der Waals surface area (Å²) in [4.78, 5) is 38.8. The smallest absolute Gasteiger partial charge is 0.322 e. The molecule has 0 aromatic heterocycles. The number of carboxylic acids is 1. The van der Waals surface area contributed by atoms with Gasteiger partial charge in [-0.15, -0.1) is 17.0 Å². The van der Waals surface area contributed by atoms with Crippen LogP contribution in [0, 0.1) is 11.2 Å². The molecule has 218 valence electrons. The van der Waals surface area contributed by atoms with Gasteiger partial charge in [-0.05, 0) is 43.0 Å². The van der Waals surface area contributed by atoms with Gasteiger partial charge in [0.1, 0.15) is 18.1 Å². The first kappa shape index (κ1) is 32.5. The highest BCUT2D eigenvalue weighted by Gasteiger charge is 2.34. The predicted molar refractivity (Wildman–Crippen MR) is 152 cm³/mol. The van der Waals surface area contributed by atoms with Crippen LogP contribution in [0.3, 0.4) is 0 Å². The SMILES string of the molecule is Br.CCOc1cc2c(c(F)c1OCC)C(=N)N(CC(=O)c1cc(C(=O)NCC(=O)O)c(OC)c(C(C)(C)C)c1)C2. The molecule has 0 radical (unpaired) electrons. The van der Waals surface area contributed by atoms with Crippen molar-refractivity contribution in [1.82, 2.24) is 10.2 Å². The van der Waals surface area contributed by atoms with E-state index in [2.05, 4.69) is 5.32 Å². The number of aliphatic carboxylic acids is 1. The van der Waals surface area contributed by atoms with Crippen LogP contribution in [0.25, 0.3) is 0 Å². The number of amidine groups is 1. The summed E-state index contributed by atoms with van der Waals surface area (Å²) in [6.45, 7) is 8.91. The van der Waals surface area contributed by atoms with Gasteiger partial charge in [0.2, 0.25) is 0 Å². The number of benzene rings is 2. The number of amides is 1. The summed E-state index contributed by atoms with van der Waals surface area (Å²) in [6, 6.07) is 4.60. The number of hydrogen-bond acceptors (Lipinski definition) is 7. The van der Waals surface area contributed by atoms with Crippen molar-refractivity contribution < 1.29 is 38.1 Å². The molecule has 0 bridgehead atoms. The highest BCUT2D eigenvalue weighted by Crippen LogP contribution is 2.39. The number of ketones is 1. The first-order valence-electron chi connectivity index (χ1n) is 12.5. The van der Waals surface area contributed by atoms with Gasteiger partial charge in [-0.2, -0.15) is 0 Å². The lowest BCUT2D eigenvalue weighted by molar-refractivity contribution is -0.135. The molecule has 0 spiro atoms. The molecular formula is C28H35BrFN3O7. The molecule has 1 aliphatic heterocycles. The Morgan fingerprint density at radius 3 is 2.30 bits per heavy atom. The Morgan fingerprint density at radius 2 is 1.75 bits per heavy atom. The highest BCUT2D eigenvalue weighted by atomic mass is 79.9. The molecule has 2 aromatic rings. The number of nitrogens with zero attached hydrogens (tertiary/aromatic N) is 1. The van der Waals surface area contributed by atoms with E-state index in [1.165, 1.54) is 18.1 Å². The van der Waals surface area contributed by atoms with Crippen molar-refractivity contribution in [2.75, 3.05) is 33.4 Å². The van der Waals surface area contributed by atoms with Crippen LogP contribution in [-0.2, 0) is 16.8 Å². The minimum Gasteiger partial charge on any atom is -0.496 e. The van der Waals surface area contributed by atoms with Crippen LogP contribution in [0.15, 0.2) is 18.2 Å². The molecule has 0 atom stereocenters. The predicted octanol–water partition coefficient (Wildman–Crippen LogP) is 4.35. The van der Waals surface area contributed by atoms with E-state index in [0.29, 0.717) is 17.7 Å². The second kappa shape index (κ2) is 13.1. The van der Waals surface area contributed by atoms with Gasteiger partial charge in [-0.25, -0.2) is 4.39 Å². The first-order chi connectivity index (χ1) is 18.3. The topological polar surface area (TPSA) is 138 Å². The fourth-order valence-corrected chi connectivity index (χ4v) is 4.41. The third kappa shape index (κ3) is 6.72. The maximum absolute atomic E-state index is 15.4. The molecule has 40 heavy (non-hydrogen) atoms. The maximum Gasteiger partial charge on any atom is 0.322 e. The Labute approximate surface area is 243 Å². The lowest BCUT2D eigenvalue weighted by Gasteiger charge is -2.25. The van der Waals surface area contributed by atoms with Crippen molar-refractivity contribution in [3.05, 3.63) is 51.8 Å². The largest absolute Gasteiger partial charge is 0.496 e. The Bertz CT molecular complexity index is 1320. The van der Waals surface area contributed by atoms with Gasteiger partial charge in [0.05, 0.1) is 38.0 Å². The maximum atomic E-state index is 15.4. The zero-order valence-corrected chi connectivity index (χ0v) is 25.1. The Morgan fingerprint density at radius 1 is 1.10 bits per heavy atom. The lowest BCUT2D eigenvalue weighted by Crippen LogP contribution is -2.32. The zero-order valence-electron chi connectivity index (χ0n) is 23.4. The molecule has 0 saturated carbocycles. The minimum atomic E-state index is -1.22. The molecule has 3 rings (SSSR count). The highest BCUT2D eigenvalue weighted by molar-refractivity contribution is 8.93. The standard InChI is InChI=1S/C28H34FN3O7.BrH/c1-7-38-20-11-16-13-32(26(30)22(16)23(29)25(20)39-8-2)14-19(33)15-9-17(27(36)31-12-21(34)35)24(37-6)18(10-15)28(3,4)5;/h9-11,30H,7-8,12-14H2,1-6H3,(H,31,36)(H,34,35);1H. The van der Waals surface area contributed by atoms with Gasteiger partial charge in [0.15, 0.2) is 23.1 Å². The average Bonchev–Trinajstić information content (AvgIpc) is 3.18. The van der Waals surface area contributed by atoms with Crippen molar-refractivity contribution in [2.45, 2.75) is 46.6 Å².